The molecule has 1 rings (SSSR count). The van der Waals surface area contributed by atoms with Crippen LogP contribution in [0.25, 0.3) is 0 Å². The van der Waals surface area contributed by atoms with Gasteiger partial charge in [-0.05, 0) is 0 Å². The van der Waals surface area contributed by atoms with Crippen molar-refractivity contribution in [2.24, 2.45) is 5.73 Å². The molecule has 1 aliphatic heterocycles. The molecule has 4 heteroatoms. The Kier molecular flexibility index (Phi) is 0.796. The van der Waals surface area contributed by atoms with Gasteiger partial charge in [0, 0.05) is 7.05 Å². The lowest BCUT2D eigenvalue weighted by molar-refractivity contribution is 0.304. The van der Waals surface area contributed by atoms with E-state index in [0.717, 1.165) is 0 Å². The lowest BCUT2D eigenvalue weighted by Gasteiger charge is -2.09. The van der Waals surface area contributed by atoms with Crippen LogP contribution < -0.4 is 16.7 Å². The average Bonchev–Trinajstić information content (AvgIpc) is 1.91. The smallest absolute Gasteiger partial charge is 0.132 e. The van der Waals surface area contributed by atoms with Crippen LogP contribution in [0.5, 0.6) is 0 Å². The van der Waals surface area contributed by atoms with Crippen LogP contribution in [0.2, 0.25) is 0 Å². The second-order valence-corrected chi connectivity index (χ2v) is 1.38. The molecule has 40 valence electrons. The summed E-state index contributed by atoms with van der Waals surface area (Å²) in [5, 5.41) is 1.68. The fourth-order valence-electron chi connectivity index (χ4n) is 0.364. The highest BCUT2D eigenvalue weighted by Gasteiger charge is 2.01. The fraction of sp³-hybridized carbons (Fsp3) is 0.333. The first-order valence-electron chi connectivity index (χ1n) is 2.01. The number of hydrogen-bond acceptors (Lipinski definition) is 4. The number of nitrogens with zero attached hydrogens (tertiary/aromatic N) is 1. The highest BCUT2D eigenvalue weighted by molar-refractivity contribution is 4.94. The summed E-state index contributed by atoms with van der Waals surface area (Å²) in [6.45, 7) is 0. The molecular formula is C3H8N4. The van der Waals surface area contributed by atoms with Gasteiger partial charge in [-0.15, -0.1) is 5.53 Å². The maximum Gasteiger partial charge on any atom is 0.132 e. The maximum absolute atomic E-state index is 5.34. The fourth-order valence-corrected chi connectivity index (χ4v) is 0.364. The molecule has 0 fully saturated rings. The van der Waals surface area contributed by atoms with E-state index in [9.17, 15) is 0 Å². The van der Waals surface area contributed by atoms with Crippen molar-refractivity contribution < 1.29 is 0 Å². The maximum atomic E-state index is 5.34. The van der Waals surface area contributed by atoms with Crippen molar-refractivity contribution in [1.29, 1.82) is 0 Å². The van der Waals surface area contributed by atoms with Crippen molar-refractivity contribution in [2.75, 3.05) is 7.05 Å². The van der Waals surface area contributed by atoms with Gasteiger partial charge in [-0.25, -0.2) is 0 Å². The van der Waals surface area contributed by atoms with Crippen molar-refractivity contribution in [2.45, 2.75) is 0 Å². The van der Waals surface area contributed by atoms with Crippen LogP contribution in [0, 0.1) is 0 Å². The molecule has 4 N–H and O–H groups in total. The van der Waals surface area contributed by atoms with Crippen molar-refractivity contribution >= 4 is 0 Å². The van der Waals surface area contributed by atoms with E-state index in [1.54, 1.807) is 11.2 Å². The van der Waals surface area contributed by atoms with Crippen LogP contribution >= 0.6 is 0 Å². The Labute approximate surface area is 41.9 Å². The standard InChI is InChI=1S/C3H8N4/c1-7-3(4)2-5-6-7/h2,5-6H,4H2,1H3. The number of hydrogen-bond donors (Lipinski definition) is 3. The molecule has 0 spiro atoms. The normalized spacial score (nSPS) is 19.0. The predicted octanol–water partition coefficient (Wildman–Crippen LogP) is -1.30. The monoisotopic (exact) mass is 100 g/mol. The zero-order chi connectivity index (χ0) is 5.28. The molecule has 0 saturated carbocycles. The van der Waals surface area contributed by atoms with Gasteiger partial charge in [0.15, 0.2) is 0 Å². The second kappa shape index (κ2) is 1.31. The summed E-state index contributed by atoms with van der Waals surface area (Å²) in [4.78, 5) is 0. The van der Waals surface area contributed by atoms with Crippen molar-refractivity contribution in [3.05, 3.63) is 12.0 Å². The quantitative estimate of drug-likeness (QED) is 0.354. The van der Waals surface area contributed by atoms with Gasteiger partial charge in [0.05, 0.1) is 6.20 Å². The van der Waals surface area contributed by atoms with Crippen LogP contribution in [0.3, 0.4) is 0 Å². The van der Waals surface area contributed by atoms with E-state index in [0.29, 0.717) is 5.82 Å². The minimum atomic E-state index is 0.694. The lowest BCUT2D eigenvalue weighted by atomic mass is 10.8. The van der Waals surface area contributed by atoms with Gasteiger partial charge in [-0.3, -0.25) is 5.01 Å². The molecule has 0 unspecified atom stereocenters. The highest BCUT2D eigenvalue weighted by atomic mass is 15.7. The third-order valence-electron chi connectivity index (χ3n) is 0.840. The molecule has 0 aliphatic carbocycles. The third-order valence-corrected chi connectivity index (χ3v) is 0.840. The van der Waals surface area contributed by atoms with Gasteiger partial charge in [-0.1, -0.05) is 0 Å². The molecule has 1 heterocycles. The Bertz CT molecular complexity index is 97.1. The summed E-state index contributed by atoms with van der Waals surface area (Å²) in [5.41, 5.74) is 10.8. The minimum Gasteiger partial charge on any atom is -0.383 e. The van der Waals surface area contributed by atoms with Gasteiger partial charge >= 0.3 is 0 Å². The number of hydrazine groups is 2. The average molecular weight is 100 g/mol. The van der Waals surface area contributed by atoms with Gasteiger partial charge in [0.2, 0.25) is 0 Å². The lowest BCUT2D eigenvalue weighted by Crippen LogP contribution is -2.35. The van der Waals surface area contributed by atoms with E-state index < -0.39 is 0 Å². The van der Waals surface area contributed by atoms with E-state index in [2.05, 4.69) is 11.0 Å². The molecule has 0 atom stereocenters. The molecule has 0 saturated heterocycles. The molecule has 1 aliphatic rings. The van der Waals surface area contributed by atoms with E-state index in [1.807, 2.05) is 7.05 Å². The number of nitrogens with one attached hydrogen (secondary N) is 2. The SMILES string of the molecule is CN1NNC=C1N. The predicted molar refractivity (Wildman–Crippen MR) is 26.3 cm³/mol. The minimum absolute atomic E-state index is 0.694. The van der Waals surface area contributed by atoms with Crippen LogP contribution in [0.4, 0.5) is 0 Å². The molecule has 0 amide bonds. The molecule has 0 aromatic heterocycles. The molecule has 0 aromatic rings. The Morgan fingerprint density at radius 2 is 2.57 bits per heavy atom. The first-order chi connectivity index (χ1) is 3.30. The first kappa shape index (κ1) is 4.26. The van der Waals surface area contributed by atoms with Crippen LogP contribution in [-0.2, 0) is 0 Å². The van der Waals surface area contributed by atoms with Crippen LogP contribution in [-0.4, -0.2) is 12.1 Å². The van der Waals surface area contributed by atoms with Crippen molar-refractivity contribution in [1.82, 2.24) is 16.0 Å². The zero-order valence-electron chi connectivity index (χ0n) is 4.10. The van der Waals surface area contributed by atoms with Gasteiger partial charge < -0.3 is 11.2 Å². The summed E-state index contributed by atoms with van der Waals surface area (Å²) >= 11 is 0. The van der Waals surface area contributed by atoms with Crippen molar-refractivity contribution in [3.8, 4) is 0 Å². The highest BCUT2D eigenvalue weighted by Crippen LogP contribution is 1.88. The van der Waals surface area contributed by atoms with Gasteiger partial charge in [0.25, 0.3) is 0 Å². The third kappa shape index (κ3) is 0.592. The molecule has 0 bridgehead atoms. The van der Waals surface area contributed by atoms with Crippen molar-refractivity contribution in [3.63, 3.8) is 0 Å². The second-order valence-electron chi connectivity index (χ2n) is 1.38. The van der Waals surface area contributed by atoms with Crippen LogP contribution in [0.1, 0.15) is 0 Å². The number of rotatable bonds is 0. The van der Waals surface area contributed by atoms with E-state index in [1.165, 1.54) is 0 Å². The molecule has 0 radical (unpaired) electrons. The van der Waals surface area contributed by atoms with Gasteiger partial charge in [0.1, 0.15) is 5.82 Å². The summed E-state index contributed by atoms with van der Waals surface area (Å²) in [7, 11) is 1.83. The molecule has 7 heavy (non-hydrogen) atoms. The topological polar surface area (TPSA) is 53.3 Å². The summed E-state index contributed by atoms with van der Waals surface area (Å²) in [6, 6.07) is 0. The van der Waals surface area contributed by atoms with E-state index in [4.69, 9.17) is 5.73 Å². The summed E-state index contributed by atoms with van der Waals surface area (Å²) in [5.74, 6) is 0.694. The van der Waals surface area contributed by atoms with E-state index >= 15 is 0 Å². The Balaban J connectivity index is 2.54. The largest absolute Gasteiger partial charge is 0.383 e. The van der Waals surface area contributed by atoms with Crippen LogP contribution in [0.15, 0.2) is 12.0 Å². The number of nitrogens with two attached hydrogens (primary N) is 1. The molecule has 0 aromatic carbocycles. The van der Waals surface area contributed by atoms with E-state index in [-0.39, 0.29) is 0 Å². The van der Waals surface area contributed by atoms with Gasteiger partial charge in [-0.2, -0.15) is 0 Å². The first-order valence-corrected chi connectivity index (χ1v) is 2.01. The Hall–Kier alpha value is -0.900. The summed E-state index contributed by atoms with van der Waals surface area (Å²) < 4.78 is 0. The Morgan fingerprint density at radius 1 is 1.86 bits per heavy atom. The zero-order valence-corrected chi connectivity index (χ0v) is 4.10. The molecule has 4 nitrogen and oxygen atoms in total. The Morgan fingerprint density at radius 3 is 2.71 bits per heavy atom. The summed E-state index contributed by atoms with van der Waals surface area (Å²) in [6.07, 6.45) is 1.68. The molecular weight excluding hydrogens is 92.1 g/mol.